The SMILES string of the molecule is CCN(CC)c1ccc(NC(=O)Nc2cc(C(F)(F)F)ccc2Cl)cc1. The van der Waals surface area contributed by atoms with Gasteiger partial charge in [-0.15, -0.1) is 0 Å². The molecule has 0 atom stereocenters. The summed E-state index contributed by atoms with van der Waals surface area (Å²) in [7, 11) is 0. The number of benzene rings is 2. The molecule has 0 saturated carbocycles. The van der Waals surface area contributed by atoms with Crippen molar-refractivity contribution in [2.75, 3.05) is 28.6 Å². The molecule has 2 rings (SSSR count). The zero-order valence-electron chi connectivity index (χ0n) is 14.3. The first-order chi connectivity index (χ1) is 12.2. The summed E-state index contributed by atoms with van der Waals surface area (Å²) in [5.74, 6) is 0. The molecule has 2 amide bonds. The van der Waals surface area contributed by atoms with Crippen molar-refractivity contribution in [1.82, 2.24) is 0 Å². The normalized spacial score (nSPS) is 11.2. The summed E-state index contributed by atoms with van der Waals surface area (Å²) in [6.45, 7) is 5.81. The van der Waals surface area contributed by atoms with Gasteiger partial charge in [-0.05, 0) is 56.3 Å². The van der Waals surface area contributed by atoms with Crippen LogP contribution in [-0.2, 0) is 6.18 Å². The van der Waals surface area contributed by atoms with Gasteiger partial charge in [-0.1, -0.05) is 11.6 Å². The molecule has 0 bridgehead atoms. The maximum atomic E-state index is 12.8. The highest BCUT2D eigenvalue weighted by Gasteiger charge is 2.31. The molecule has 0 aliphatic heterocycles. The second-order valence-corrected chi connectivity index (χ2v) is 5.90. The van der Waals surface area contributed by atoms with E-state index in [1.54, 1.807) is 12.1 Å². The fourth-order valence-corrected chi connectivity index (χ4v) is 2.59. The number of halogens is 4. The molecule has 140 valence electrons. The van der Waals surface area contributed by atoms with Crippen LogP contribution in [-0.4, -0.2) is 19.1 Å². The van der Waals surface area contributed by atoms with Gasteiger partial charge < -0.3 is 15.5 Å². The van der Waals surface area contributed by atoms with Crippen molar-refractivity contribution in [2.45, 2.75) is 20.0 Å². The largest absolute Gasteiger partial charge is 0.416 e. The summed E-state index contributed by atoms with van der Waals surface area (Å²) in [6.07, 6.45) is -4.52. The lowest BCUT2D eigenvalue weighted by atomic mass is 10.2. The van der Waals surface area contributed by atoms with Crippen LogP contribution in [0.5, 0.6) is 0 Å². The Labute approximate surface area is 154 Å². The Kier molecular flexibility index (Phi) is 6.37. The van der Waals surface area contributed by atoms with Gasteiger partial charge >= 0.3 is 12.2 Å². The van der Waals surface area contributed by atoms with E-state index in [-0.39, 0.29) is 10.7 Å². The highest BCUT2D eigenvalue weighted by Crippen LogP contribution is 2.33. The summed E-state index contributed by atoms with van der Waals surface area (Å²) in [5, 5.41) is 4.93. The average molecular weight is 386 g/mol. The minimum absolute atomic E-state index is 0.0185. The molecule has 8 heteroatoms. The van der Waals surface area contributed by atoms with E-state index in [1.165, 1.54) is 0 Å². The molecule has 0 heterocycles. The maximum Gasteiger partial charge on any atom is 0.416 e. The van der Waals surface area contributed by atoms with Crippen LogP contribution >= 0.6 is 11.6 Å². The molecule has 0 fully saturated rings. The van der Waals surface area contributed by atoms with Crippen molar-refractivity contribution in [3.63, 3.8) is 0 Å². The van der Waals surface area contributed by atoms with Gasteiger partial charge in [0.25, 0.3) is 0 Å². The number of nitrogens with one attached hydrogen (secondary N) is 2. The van der Waals surface area contributed by atoms with E-state index in [0.29, 0.717) is 5.69 Å². The fourth-order valence-electron chi connectivity index (χ4n) is 2.43. The van der Waals surface area contributed by atoms with E-state index in [4.69, 9.17) is 11.6 Å². The number of carbonyl (C=O) groups is 1. The Morgan fingerprint density at radius 1 is 1.04 bits per heavy atom. The summed E-state index contributed by atoms with van der Waals surface area (Å²) < 4.78 is 38.3. The lowest BCUT2D eigenvalue weighted by Gasteiger charge is -2.21. The Hall–Kier alpha value is -2.41. The van der Waals surface area contributed by atoms with E-state index in [2.05, 4.69) is 15.5 Å². The molecule has 0 aliphatic carbocycles. The summed E-state index contributed by atoms with van der Waals surface area (Å²) in [4.78, 5) is 14.2. The Bertz CT molecular complexity index is 759. The van der Waals surface area contributed by atoms with Crippen LogP contribution in [0.1, 0.15) is 19.4 Å². The van der Waals surface area contributed by atoms with Crippen LogP contribution < -0.4 is 15.5 Å². The molecular formula is C18H19ClF3N3O. The molecule has 0 spiro atoms. The van der Waals surface area contributed by atoms with E-state index in [1.807, 2.05) is 26.0 Å². The molecule has 2 N–H and O–H groups in total. The zero-order valence-corrected chi connectivity index (χ0v) is 15.1. The van der Waals surface area contributed by atoms with Gasteiger partial charge in [-0.2, -0.15) is 13.2 Å². The molecule has 0 unspecified atom stereocenters. The first kappa shape index (κ1) is 19.9. The van der Waals surface area contributed by atoms with Gasteiger partial charge in [0.15, 0.2) is 0 Å². The number of alkyl halides is 3. The monoisotopic (exact) mass is 385 g/mol. The molecule has 2 aromatic carbocycles. The van der Waals surface area contributed by atoms with E-state index in [0.717, 1.165) is 37.0 Å². The number of hydrogen-bond donors (Lipinski definition) is 2. The lowest BCUT2D eigenvalue weighted by molar-refractivity contribution is -0.137. The number of nitrogens with zero attached hydrogens (tertiary/aromatic N) is 1. The van der Waals surface area contributed by atoms with Crippen molar-refractivity contribution in [3.8, 4) is 0 Å². The first-order valence-corrected chi connectivity index (χ1v) is 8.42. The summed E-state index contributed by atoms with van der Waals surface area (Å²) in [5.41, 5.74) is 0.530. The number of rotatable bonds is 5. The minimum atomic E-state index is -4.52. The Morgan fingerprint density at radius 3 is 2.19 bits per heavy atom. The van der Waals surface area contributed by atoms with Crippen molar-refractivity contribution >= 4 is 34.7 Å². The standard InChI is InChI=1S/C18H19ClF3N3O/c1-3-25(4-2)14-8-6-13(7-9-14)23-17(26)24-16-11-12(18(20,21)22)5-10-15(16)19/h5-11H,3-4H2,1-2H3,(H2,23,24,26). The Balaban J connectivity index is 2.07. The Morgan fingerprint density at radius 2 is 1.65 bits per heavy atom. The number of carbonyl (C=O) groups excluding carboxylic acids is 1. The van der Waals surface area contributed by atoms with Crippen LogP contribution in [0.25, 0.3) is 0 Å². The fraction of sp³-hybridized carbons (Fsp3) is 0.278. The summed E-state index contributed by atoms with van der Waals surface area (Å²) >= 11 is 5.87. The van der Waals surface area contributed by atoms with Gasteiger partial charge in [-0.3, -0.25) is 0 Å². The molecule has 0 aromatic heterocycles. The average Bonchev–Trinajstić information content (AvgIpc) is 2.58. The third-order valence-electron chi connectivity index (χ3n) is 3.80. The molecule has 0 aliphatic rings. The van der Waals surface area contributed by atoms with Gasteiger partial charge in [0.2, 0.25) is 0 Å². The topological polar surface area (TPSA) is 44.4 Å². The maximum absolute atomic E-state index is 12.8. The number of anilines is 3. The van der Waals surface area contributed by atoms with Gasteiger partial charge in [0, 0.05) is 24.5 Å². The van der Waals surface area contributed by atoms with Gasteiger partial charge in [-0.25, -0.2) is 4.79 Å². The van der Waals surface area contributed by atoms with E-state index >= 15 is 0 Å². The lowest BCUT2D eigenvalue weighted by Crippen LogP contribution is -2.22. The summed E-state index contributed by atoms with van der Waals surface area (Å²) in [6, 6.07) is 9.24. The smallest absolute Gasteiger partial charge is 0.372 e. The number of amides is 2. The second-order valence-electron chi connectivity index (χ2n) is 5.49. The van der Waals surface area contributed by atoms with Gasteiger partial charge in [0.05, 0.1) is 16.3 Å². The van der Waals surface area contributed by atoms with Crippen LogP contribution in [0, 0.1) is 0 Å². The predicted molar refractivity (Wildman–Crippen MR) is 99.1 cm³/mol. The van der Waals surface area contributed by atoms with E-state index in [9.17, 15) is 18.0 Å². The quantitative estimate of drug-likeness (QED) is 0.678. The van der Waals surface area contributed by atoms with Crippen LogP contribution in [0.2, 0.25) is 5.02 Å². The van der Waals surface area contributed by atoms with E-state index < -0.39 is 17.8 Å². The van der Waals surface area contributed by atoms with Gasteiger partial charge in [0.1, 0.15) is 0 Å². The molecule has 26 heavy (non-hydrogen) atoms. The number of hydrogen-bond acceptors (Lipinski definition) is 2. The molecule has 0 radical (unpaired) electrons. The van der Waals surface area contributed by atoms with Crippen molar-refractivity contribution in [1.29, 1.82) is 0 Å². The van der Waals surface area contributed by atoms with Crippen LogP contribution in [0.3, 0.4) is 0 Å². The van der Waals surface area contributed by atoms with Crippen molar-refractivity contribution < 1.29 is 18.0 Å². The van der Waals surface area contributed by atoms with Crippen molar-refractivity contribution in [3.05, 3.63) is 53.1 Å². The third-order valence-corrected chi connectivity index (χ3v) is 4.13. The highest BCUT2D eigenvalue weighted by molar-refractivity contribution is 6.33. The predicted octanol–water partition coefficient (Wildman–Crippen LogP) is 5.85. The zero-order chi connectivity index (χ0) is 19.3. The molecular weight excluding hydrogens is 367 g/mol. The molecule has 2 aromatic rings. The molecule has 0 saturated heterocycles. The highest BCUT2D eigenvalue weighted by atomic mass is 35.5. The molecule has 4 nitrogen and oxygen atoms in total. The second kappa shape index (κ2) is 8.31. The first-order valence-electron chi connectivity index (χ1n) is 8.04. The third kappa shape index (κ3) is 5.05. The van der Waals surface area contributed by atoms with Crippen LogP contribution in [0.4, 0.5) is 35.0 Å². The van der Waals surface area contributed by atoms with Crippen LogP contribution in [0.15, 0.2) is 42.5 Å². The minimum Gasteiger partial charge on any atom is -0.372 e. The number of urea groups is 1. The van der Waals surface area contributed by atoms with Crippen molar-refractivity contribution in [2.24, 2.45) is 0 Å².